The second-order valence-electron chi connectivity index (χ2n) is 6.75. The normalized spacial score (nSPS) is 10.8. The van der Waals surface area contributed by atoms with E-state index in [1.54, 1.807) is 0 Å². The largest absolute Gasteiger partial charge is 0.507 e. The molecule has 1 aromatic carbocycles. The third-order valence-electron chi connectivity index (χ3n) is 4.56. The fourth-order valence-corrected chi connectivity index (χ4v) is 2.97. The minimum absolute atomic E-state index is 0.0570. The van der Waals surface area contributed by atoms with Gasteiger partial charge in [-0.15, -0.1) is 0 Å². The van der Waals surface area contributed by atoms with E-state index in [4.69, 9.17) is 5.11 Å². The molecule has 0 unspecified atom stereocenters. The third-order valence-corrected chi connectivity index (χ3v) is 4.56. The van der Waals surface area contributed by atoms with Crippen LogP contribution in [-0.2, 0) is 0 Å². The summed E-state index contributed by atoms with van der Waals surface area (Å²) in [5.41, 5.74) is 0.145. The van der Waals surface area contributed by atoms with Crippen LogP contribution in [0.3, 0.4) is 0 Å². The number of phenols is 1. The predicted octanol–water partition coefficient (Wildman–Crippen LogP) is 5.97. The van der Waals surface area contributed by atoms with Gasteiger partial charge in [0.1, 0.15) is 11.3 Å². The highest BCUT2D eigenvalue weighted by Crippen LogP contribution is 2.20. The number of aromatic carboxylic acids is 1. The lowest BCUT2D eigenvalue weighted by Gasteiger charge is -2.05. The molecular formula is C21H32O4. The number of carbonyl (C=O) groups excluding carboxylic acids is 1. The molecule has 0 saturated heterocycles. The van der Waals surface area contributed by atoms with Gasteiger partial charge in [-0.3, -0.25) is 4.79 Å². The fourth-order valence-electron chi connectivity index (χ4n) is 2.97. The van der Waals surface area contributed by atoms with Crippen LogP contribution in [0.25, 0.3) is 0 Å². The number of Topliss-reactive ketones (excluding diaryl/α,β-unsaturated/α-hetero) is 1. The maximum Gasteiger partial charge on any atom is 0.339 e. The Labute approximate surface area is 151 Å². The van der Waals surface area contributed by atoms with Gasteiger partial charge in [0.25, 0.3) is 0 Å². The van der Waals surface area contributed by atoms with Crippen molar-refractivity contribution in [2.24, 2.45) is 0 Å². The molecule has 0 aliphatic carbocycles. The Morgan fingerprint density at radius 2 is 1.36 bits per heavy atom. The van der Waals surface area contributed by atoms with Gasteiger partial charge in [0, 0.05) is 12.0 Å². The van der Waals surface area contributed by atoms with Crippen LogP contribution in [0.2, 0.25) is 0 Å². The van der Waals surface area contributed by atoms with E-state index in [2.05, 4.69) is 6.92 Å². The van der Waals surface area contributed by atoms with Gasteiger partial charge in [-0.1, -0.05) is 71.1 Å². The molecule has 25 heavy (non-hydrogen) atoms. The van der Waals surface area contributed by atoms with Crippen molar-refractivity contribution in [1.82, 2.24) is 0 Å². The number of carboxylic acid groups (broad SMARTS) is 1. The molecule has 0 amide bonds. The van der Waals surface area contributed by atoms with E-state index < -0.39 is 5.97 Å². The molecule has 0 heterocycles. The molecule has 0 saturated carbocycles. The Morgan fingerprint density at radius 1 is 0.840 bits per heavy atom. The second-order valence-corrected chi connectivity index (χ2v) is 6.75. The van der Waals surface area contributed by atoms with Crippen molar-refractivity contribution in [1.29, 1.82) is 0 Å². The predicted molar refractivity (Wildman–Crippen MR) is 100 cm³/mol. The van der Waals surface area contributed by atoms with Gasteiger partial charge in [0.15, 0.2) is 5.78 Å². The average molecular weight is 348 g/mol. The van der Waals surface area contributed by atoms with Crippen LogP contribution >= 0.6 is 0 Å². The molecule has 0 atom stereocenters. The SMILES string of the molecule is CCCCCCCCCCCCCC(=O)c1ccc(O)c(C(=O)O)c1. The maximum atomic E-state index is 12.1. The lowest BCUT2D eigenvalue weighted by Crippen LogP contribution is -2.03. The van der Waals surface area contributed by atoms with Gasteiger partial charge in [0.05, 0.1) is 0 Å². The Hall–Kier alpha value is -1.84. The summed E-state index contributed by atoms with van der Waals surface area (Å²) in [6.07, 6.45) is 14.0. The average Bonchev–Trinajstić information content (AvgIpc) is 2.59. The van der Waals surface area contributed by atoms with Crippen molar-refractivity contribution in [3.63, 3.8) is 0 Å². The minimum Gasteiger partial charge on any atom is -0.507 e. The Balaban J connectivity index is 2.13. The summed E-state index contributed by atoms with van der Waals surface area (Å²) in [5, 5.41) is 18.5. The van der Waals surface area contributed by atoms with E-state index in [-0.39, 0.29) is 17.1 Å². The summed E-state index contributed by atoms with van der Waals surface area (Å²) < 4.78 is 0. The summed E-state index contributed by atoms with van der Waals surface area (Å²) in [4.78, 5) is 23.1. The number of hydrogen-bond acceptors (Lipinski definition) is 3. The molecule has 2 N–H and O–H groups in total. The van der Waals surface area contributed by atoms with Gasteiger partial charge in [-0.2, -0.15) is 0 Å². The number of carboxylic acids is 1. The van der Waals surface area contributed by atoms with E-state index in [1.807, 2.05) is 0 Å². The molecular weight excluding hydrogens is 316 g/mol. The van der Waals surface area contributed by atoms with Crippen LogP contribution in [-0.4, -0.2) is 22.0 Å². The number of ketones is 1. The van der Waals surface area contributed by atoms with E-state index in [1.165, 1.54) is 69.6 Å². The molecule has 1 aromatic rings. The third kappa shape index (κ3) is 8.71. The lowest BCUT2D eigenvalue weighted by molar-refractivity contribution is 0.0693. The van der Waals surface area contributed by atoms with Crippen molar-refractivity contribution in [2.75, 3.05) is 0 Å². The number of aromatic hydroxyl groups is 1. The second kappa shape index (κ2) is 12.5. The highest BCUT2D eigenvalue weighted by Gasteiger charge is 2.13. The fraction of sp³-hybridized carbons (Fsp3) is 0.619. The van der Waals surface area contributed by atoms with E-state index in [9.17, 15) is 14.7 Å². The first-order valence-corrected chi connectivity index (χ1v) is 9.65. The minimum atomic E-state index is -1.22. The van der Waals surface area contributed by atoms with Gasteiger partial charge in [0.2, 0.25) is 0 Å². The maximum absolute atomic E-state index is 12.1. The van der Waals surface area contributed by atoms with Crippen LogP contribution in [0.15, 0.2) is 18.2 Å². The van der Waals surface area contributed by atoms with E-state index >= 15 is 0 Å². The molecule has 0 aliphatic heterocycles. The number of unbranched alkanes of at least 4 members (excludes halogenated alkanes) is 10. The van der Waals surface area contributed by atoms with E-state index in [0.29, 0.717) is 12.0 Å². The smallest absolute Gasteiger partial charge is 0.339 e. The molecule has 0 spiro atoms. The molecule has 0 aromatic heterocycles. The monoisotopic (exact) mass is 348 g/mol. The van der Waals surface area contributed by atoms with Crippen LogP contribution in [0.5, 0.6) is 5.75 Å². The molecule has 4 nitrogen and oxygen atoms in total. The standard InChI is InChI=1S/C21H32O4/c1-2-3-4-5-6-7-8-9-10-11-12-13-19(22)17-14-15-20(23)18(16-17)21(24)25/h14-16,23H,2-13H2,1H3,(H,24,25). The zero-order valence-electron chi connectivity index (χ0n) is 15.4. The quantitative estimate of drug-likeness (QED) is 0.320. The van der Waals surface area contributed by atoms with Crippen LogP contribution in [0, 0.1) is 0 Å². The van der Waals surface area contributed by atoms with E-state index in [0.717, 1.165) is 19.3 Å². The first-order chi connectivity index (χ1) is 12.1. The van der Waals surface area contributed by atoms with Gasteiger partial charge < -0.3 is 10.2 Å². The number of benzene rings is 1. The summed E-state index contributed by atoms with van der Waals surface area (Å²) in [6, 6.07) is 4.03. The number of hydrogen-bond donors (Lipinski definition) is 2. The van der Waals surface area contributed by atoms with Gasteiger partial charge in [-0.05, 0) is 24.6 Å². The number of carbonyl (C=O) groups is 2. The first kappa shape index (κ1) is 21.2. The van der Waals surface area contributed by atoms with Crippen molar-refractivity contribution in [2.45, 2.75) is 84.0 Å². The topological polar surface area (TPSA) is 74.6 Å². The molecule has 0 bridgehead atoms. The van der Waals surface area contributed by atoms with Crippen molar-refractivity contribution in [3.05, 3.63) is 29.3 Å². The first-order valence-electron chi connectivity index (χ1n) is 9.65. The summed E-state index contributed by atoms with van der Waals surface area (Å²) >= 11 is 0. The summed E-state index contributed by atoms with van der Waals surface area (Å²) in [6.45, 7) is 2.23. The molecule has 0 fully saturated rings. The Kier molecular flexibility index (Phi) is 10.6. The molecule has 140 valence electrons. The Bertz CT molecular complexity index is 537. The Morgan fingerprint density at radius 3 is 1.88 bits per heavy atom. The molecule has 1 rings (SSSR count). The van der Waals surface area contributed by atoms with Crippen LogP contribution in [0.1, 0.15) is 105 Å². The molecule has 0 aliphatic rings. The van der Waals surface area contributed by atoms with Crippen LogP contribution in [0.4, 0.5) is 0 Å². The van der Waals surface area contributed by atoms with Gasteiger partial charge >= 0.3 is 5.97 Å². The van der Waals surface area contributed by atoms with Crippen molar-refractivity contribution in [3.8, 4) is 5.75 Å². The zero-order chi connectivity index (χ0) is 18.5. The van der Waals surface area contributed by atoms with Crippen LogP contribution < -0.4 is 0 Å². The van der Waals surface area contributed by atoms with Crippen molar-refractivity contribution < 1.29 is 19.8 Å². The summed E-state index contributed by atoms with van der Waals surface area (Å²) in [5.74, 6) is -1.58. The highest BCUT2D eigenvalue weighted by atomic mass is 16.4. The molecule has 4 heteroatoms. The summed E-state index contributed by atoms with van der Waals surface area (Å²) in [7, 11) is 0. The van der Waals surface area contributed by atoms with Crippen molar-refractivity contribution >= 4 is 11.8 Å². The van der Waals surface area contributed by atoms with Gasteiger partial charge in [-0.25, -0.2) is 4.79 Å². The zero-order valence-corrected chi connectivity index (χ0v) is 15.4. The highest BCUT2D eigenvalue weighted by molar-refractivity contribution is 5.99. The molecule has 0 radical (unpaired) electrons. The lowest BCUT2D eigenvalue weighted by atomic mass is 10.0. The number of rotatable bonds is 14.